The summed E-state index contributed by atoms with van der Waals surface area (Å²) < 4.78 is 7.64. The van der Waals surface area contributed by atoms with E-state index in [4.69, 9.17) is 15.5 Å². The molecule has 0 aliphatic carbocycles. The van der Waals surface area contributed by atoms with Crippen molar-refractivity contribution in [2.75, 3.05) is 13.2 Å². The Balaban J connectivity index is 1.71. The summed E-state index contributed by atoms with van der Waals surface area (Å²) in [7, 11) is 0. The van der Waals surface area contributed by atoms with E-state index < -0.39 is 0 Å². The van der Waals surface area contributed by atoms with Gasteiger partial charge in [-0.25, -0.2) is 4.98 Å². The highest BCUT2D eigenvalue weighted by Gasteiger charge is 2.21. The number of ether oxygens (including phenoxy) is 1. The number of aryl methyl sites for hydroxylation is 1. The fourth-order valence-electron chi connectivity index (χ4n) is 2.92. The quantitative estimate of drug-likeness (QED) is 0.848. The first-order valence-electron chi connectivity index (χ1n) is 6.72. The van der Waals surface area contributed by atoms with Crippen LogP contribution in [0.25, 0.3) is 0 Å². The van der Waals surface area contributed by atoms with E-state index in [1.54, 1.807) is 0 Å². The summed E-state index contributed by atoms with van der Waals surface area (Å²) in [6.45, 7) is 2.92. The van der Waals surface area contributed by atoms with Gasteiger partial charge in [0.05, 0.1) is 11.7 Å². The lowest BCUT2D eigenvalue weighted by atomic mass is 9.95. The largest absolute Gasteiger partial charge is 0.381 e. The van der Waals surface area contributed by atoms with Crippen LogP contribution in [-0.2, 0) is 17.7 Å². The molecule has 0 bridgehead atoms. The molecule has 0 aromatic carbocycles. The van der Waals surface area contributed by atoms with Crippen LogP contribution in [0.4, 0.5) is 0 Å². The maximum Gasteiger partial charge on any atom is 0.125 e. The molecule has 4 heteroatoms. The minimum Gasteiger partial charge on any atom is -0.381 e. The number of rotatable bonds is 2. The average Bonchev–Trinajstić information content (AvgIpc) is 2.74. The third-order valence-electron chi connectivity index (χ3n) is 3.94. The maximum absolute atomic E-state index is 6.09. The van der Waals surface area contributed by atoms with E-state index >= 15 is 0 Å². The molecular formula is C13H21N3O. The number of hydrogen-bond acceptors (Lipinski definition) is 3. The number of nitrogens with two attached hydrogens (primary N) is 1. The first-order chi connectivity index (χ1) is 8.33. The van der Waals surface area contributed by atoms with Crippen molar-refractivity contribution in [1.29, 1.82) is 0 Å². The monoisotopic (exact) mass is 235 g/mol. The lowest BCUT2D eigenvalue weighted by molar-refractivity contribution is 0.0663. The molecule has 1 aromatic rings. The van der Waals surface area contributed by atoms with Gasteiger partial charge >= 0.3 is 0 Å². The second-order valence-electron chi connectivity index (χ2n) is 5.29. The second kappa shape index (κ2) is 4.78. The number of hydrogen-bond donors (Lipinski definition) is 1. The van der Waals surface area contributed by atoms with Crippen LogP contribution >= 0.6 is 0 Å². The number of nitrogens with zero attached hydrogens (tertiary/aromatic N) is 2. The van der Waals surface area contributed by atoms with Crippen LogP contribution in [0.2, 0.25) is 0 Å². The van der Waals surface area contributed by atoms with Crippen LogP contribution in [0.3, 0.4) is 0 Å². The van der Waals surface area contributed by atoms with E-state index in [9.17, 15) is 0 Å². The van der Waals surface area contributed by atoms with Crippen LogP contribution in [-0.4, -0.2) is 22.8 Å². The predicted octanol–water partition coefficient (Wildman–Crippen LogP) is 1.65. The van der Waals surface area contributed by atoms with Gasteiger partial charge in [0, 0.05) is 26.0 Å². The smallest absolute Gasteiger partial charge is 0.125 e. The molecule has 2 aliphatic heterocycles. The lowest BCUT2D eigenvalue weighted by Gasteiger charge is -2.20. The Morgan fingerprint density at radius 3 is 2.94 bits per heavy atom. The number of imidazole rings is 1. The van der Waals surface area contributed by atoms with Crippen LogP contribution < -0.4 is 5.73 Å². The molecule has 2 N–H and O–H groups in total. The molecule has 3 rings (SSSR count). The van der Waals surface area contributed by atoms with Gasteiger partial charge in [0.15, 0.2) is 0 Å². The minimum atomic E-state index is 0.146. The van der Waals surface area contributed by atoms with E-state index in [1.807, 2.05) is 0 Å². The summed E-state index contributed by atoms with van der Waals surface area (Å²) in [5.74, 6) is 1.84. The Bertz CT molecular complexity index is 382. The molecule has 0 amide bonds. The summed E-state index contributed by atoms with van der Waals surface area (Å²) in [6.07, 6.45) is 7.91. The third-order valence-corrected chi connectivity index (χ3v) is 3.94. The van der Waals surface area contributed by atoms with Gasteiger partial charge in [-0.05, 0) is 38.0 Å². The van der Waals surface area contributed by atoms with Crippen molar-refractivity contribution in [3.8, 4) is 0 Å². The summed E-state index contributed by atoms with van der Waals surface area (Å²) in [5, 5.41) is 0. The Morgan fingerprint density at radius 1 is 1.35 bits per heavy atom. The zero-order valence-corrected chi connectivity index (χ0v) is 10.3. The molecular weight excluding hydrogens is 214 g/mol. The fraction of sp³-hybridized carbons (Fsp3) is 0.769. The highest BCUT2D eigenvalue weighted by atomic mass is 16.5. The molecule has 4 nitrogen and oxygen atoms in total. The van der Waals surface area contributed by atoms with Gasteiger partial charge in [0.25, 0.3) is 0 Å². The van der Waals surface area contributed by atoms with Crippen LogP contribution in [0.1, 0.15) is 43.2 Å². The van der Waals surface area contributed by atoms with E-state index in [2.05, 4.69) is 10.8 Å². The molecule has 94 valence electrons. The summed E-state index contributed by atoms with van der Waals surface area (Å²) >= 11 is 0. The molecule has 0 saturated carbocycles. The van der Waals surface area contributed by atoms with Crippen LogP contribution in [0.15, 0.2) is 6.20 Å². The highest BCUT2D eigenvalue weighted by Crippen LogP contribution is 2.25. The normalized spacial score (nSPS) is 25.8. The van der Waals surface area contributed by atoms with Crippen molar-refractivity contribution in [1.82, 2.24) is 9.55 Å². The van der Waals surface area contributed by atoms with Gasteiger partial charge in [-0.3, -0.25) is 0 Å². The van der Waals surface area contributed by atoms with Crippen LogP contribution in [0.5, 0.6) is 0 Å². The fourth-order valence-corrected chi connectivity index (χ4v) is 2.92. The van der Waals surface area contributed by atoms with Gasteiger partial charge in [-0.1, -0.05) is 0 Å². The topological polar surface area (TPSA) is 53.1 Å². The third kappa shape index (κ3) is 2.38. The van der Waals surface area contributed by atoms with Gasteiger partial charge in [-0.15, -0.1) is 0 Å². The molecule has 0 spiro atoms. The Labute approximate surface area is 102 Å². The molecule has 1 unspecified atom stereocenters. The molecule has 0 radical (unpaired) electrons. The molecule has 2 aliphatic rings. The Hall–Kier alpha value is -0.870. The number of aromatic nitrogens is 2. The van der Waals surface area contributed by atoms with Gasteiger partial charge < -0.3 is 15.0 Å². The molecule has 1 aromatic heterocycles. The molecule has 3 heterocycles. The zero-order chi connectivity index (χ0) is 11.7. The average molecular weight is 235 g/mol. The summed E-state index contributed by atoms with van der Waals surface area (Å²) in [6, 6.07) is 0.146. The first kappa shape index (κ1) is 11.2. The van der Waals surface area contributed by atoms with Gasteiger partial charge in [-0.2, -0.15) is 0 Å². The molecule has 1 saturated heterocycles. The van der Waals surface area contributed by atoms with E-state index in [0.29, 0.717) is 0 Å². The predicted molar refractivity (Wildman–Crippen MR) is 65.6 cm³/mol. The standard InChI is InChI=1S/C13H21N3O/c14-12-2-1-5-16-9-11(15-13(12)16)8-10-3-6-17-7-4-10/h9-10,12H,1-8,14H2. The Kier molecular flexibility index (Phi) is 3.16. The molecule has 1 fully saturated rings. The summed E-state index contributed by atoms with van der Waals surface area (Å²) in [5.41, 5.74) is 7.32. The SMILES string of the molecule is NC1CCCn2cc(CC3CCOCC3)nc21. The minimum absolute atomic E-state index is 0.146. The van der Waals surface area contributed by atoms with E-state index in [1.165, 1.54) is 25.0 Å². The van der Waals surface area contributed by atoms with Crippen molar-refractivity contribution in [2.45, 2.75) is 44.7 Å². The van der Waals surface area contributed by atoms with Crippen molar-refractivity contribution in [3.05, 3.63) is 17.7 Å². The van der Waals surface area contributed by atoms with Crippen molar-refractivity contribution in [2.24, 2.45) is 11.7 Å². The lowest BCUT2D eigenvalue weighted by Crippen LogP contribution is -2.21. The molecule has 17 heavy (non-hydrogen) atoms. The zero-order valence-electron chi connectivity index (χ0n) is 10.3. The highest BCUT2D eigenvalue weighted by molar-refractivity contribution is 5.10. The first-order valence-corrected chi connectivity index (χ1v) is 6.72. The Morgan fingerprint density at radius 2 is 2.18 bits per heavy atom. The molecule has 1 atom stereocenters. The van der Waals surface area contributed by atoms with Gasteiger partial charge in [0.1, 0.15) is 5.82 Å². The van der Waals surface area contributed by atoms with Gasteiger partial charge in [0.2, 0.25) is 0 Å². The number of fused-ring (bicyclic) bond motifs is 1. The van der Waals surface area contributed by atoms with Crippen molar-refractivity contribution < 1.29 is 4.74 Å². The summed E-state index contributed by atoms with van der Waals surface area (Å²) in [4.78, 5) is 4.72. The van der Waals surface area contributed by atoms with E-state index in [0.717, 1.165) is 44.3 Å². The van der Waals surface area contributed by atoms with E-state index in [-0.39, 0.29) is 6.04 Å². The second-order valence-corrected chi connectivity index (χ2v) is 5.29. The maximum atomic E-state index is 6.09. The van der Waals surface area contributed by atoms with Crippen molar-refractivity contribution >= 4 is 0 Å². The van der Waals surface area contributed by atoms with Crippen LogP contribution in [0, 0.1) is 5.92 Å². The van der Waals surface area contributed by atoms with Crippen molar-refractivity contribution in [3.63, 3.8) is 0 Å².